The Kier molecular flexibility index (Phi) is 3.55. The minimum Gasteiger partial charge on any atom is -0.349 e. The minimum atomic E-state index is -0.225. The monoisotopic (exact) mass is 388 g/mol. The van der Waals surface area contributed by atoms with E-state index in [1.54, 1.807) is 6.21 Å². The van der Waals surface area contributed by atoms with Gasteiger partial charge in [0.1, 0.15) is 17.4 Å². The van der Waals surface area contributed by atoms with Crippen molar-refractivity contribution >= 4 is 49.7 Å². The van der Waals surface area contributed by atoms with Crippen molar-refractivity contribution in [1.82, 2.24) is 14.6 Å². The summed E-state index contributed by atoms with van der Waals surface area (Å²) in [7, 11) is 0. The molecule has 6 rings (SSSR count). The molecule has 0 saturated heterocycles. The smallest absolute Gasteiger partial charge is 0.298 e. The molecule has 0 aliphatic heterocycles. The molecule has 1 N–H and O–H groups in total. The fourth-order valence-electron chi connectivity index (χ4n) is 4.09. The predicted octanol–water partition coefficient (Wildman–Crippen LogP) is 5.07. The SMILES string of the molecule is O=c1c2[nH]c3ccccc3c2ncn1/N=C\c1c2ccccc2cc2ccccc12. The molecule has 0 aliphatic rings. The first-order valence-electron chi connectivity index (χ1n) is 9.72. The summed E-state index contributed by atoms with van der Waals surface area (Å²) in [6.07, 6.45) is 3.23. The summed E-state index contributed by atoms with van der Waals surface area (Å²) in [5.74, 6) is 0. The number of aromatic nitrogens is 3. The van der Waals surface area contributed by atoms with Crippen molar-refractivity contribution < 1.29 is 0 Å². The van der Waals surface area contributed by atoms with Crippen LogP contribution in [0.3, 0.4) is 0 Å². The molecule has 6 aromatic rings. The fraction of sp³-hybridized carbons (Fsp3) is 0. The maximum Gasteiger partial charge on any atom is 0.298 e. The van der Waals surface area contributed by atoms with Gasteiger partial charge in [0, 0.05) is 16.5 Å². The van der Waals surface area contributed by atoms with Gasteiger partial charge in [-0.3, -0.25) is 4.79 Å². The van der Waals surface area contributed by atoms with Crippen LogP contribution in [-0.4, -0.2) is 20.9 Å². The summed E-state index contributed by atoms with van der Waals surface area (Å²) < 4.78 is 1.29. The van der Waals surface area contributed by atoms with Gasteiger partial charge in [-0.25, -0.2) is 4.98 Å². The zero-order valence-electron chi connectivity index (χ0n) is 15.9. The van der Waals surface area contributed by atoms with Crippen molar-refractivity contribution in [3.8, 4) is 0 Å². The number of H-pyrrole nitrogens is 1. The van der Waals surface area contributed by atoms with Crippen LogP contribution in [0.25, 0.3) is 43.5 Å². The Labute approximate surface area is 170 Å². The zero-order valence-corrected chi connectivity index (χ0v) is 15.9. The van der Waals surface area contributed by atoms with E-state index in [0.29, 0.717) is 11.0 Å². The van der Waals surface area contributed by atoms with Crippen LogP contribution >= 0.6 is 0 Å². The van der Waals surface area contributed by atoms with Crippen molar-refractivity contribution in [2.75, 3.05) is 0 Å². The molecule has 4 aromatic carbocycles. The van der Waals surface area contributed by atoms with Crippen LogP contribution < -0.4 is 5.56 Å². The number of benzene rings is 4. The molecule has 5 nitrogen and oxygen atoms in total. The molecule has 0 radical (unpaired) electrons. The van der Waals surface area contributed by atoms with Gasteiger partial charge in [-0.2, -0.15) is 9.78 Å². The second kappa shape index (κ2) is 6.39. The molecule has 0 amide bonds. The highest BCUT2D eigenvalue weighted by atomic mass is 16.1. The first-order valence-corrected chi connectivity index (χ1v) is 9.72. The first-order chi connectivity index (χ1) is 14.8. The van der Waals surface area contributed by atoms with E-state index in [0.717, 1.165) is 38.0 Å². The molecule has 0 saturated carbocycles. The summed E-state index contributed by atoms with van der Waals surface area (Å²) in [6.45, 7) is 0. The minimum absolute atomic E-state index is 0.225. The van der Waals surface area contributed by atoms with Gasteiger partial charge in [-0.1, -0.05) is 66.7 Å². The fourth-order valence-corrected chi connectivity index (χ4v) is 4.09. The average Bonchev–Trinajstić information content (AvgIpc) is 3.17. The van der Waals surface area contributed by atoms with Crippen molar-refractivity contribution in [2.24, 2.45) is 5.10 Å². The molecule has 5 heteroatoms. The molecule has 0 bridgehead atoms. The van der Waals surface area contributed by atoms with E-state index in [1.807, 2.05) is 48.5 Å². The predicted molar refractivity (Wildman–Crippen MR) is 122 cm³/mol. The van der Waals surface area contributed by atoms with Gasteiger partial charge in [0.2, 0.25) is 0 Å². The standard InChI is InChI=1S/C25H16N4O/c30-25-24-23(20-11-5-6-12-22(20)28-24)26-15-29(25)27-14-21-18-9-3-1-7-16(18)13-17-8-2-4-10-19(17)21/h1-15,28H/b27-14-. The number of hydrogen-bond donors (Lipinski definition) is 1. The molecule has 0 fully saturated rings. The molecular weight excluding hydrogens is 372 g/mol. The summed E-state index contributed by atoms with van der Waals surface area (Å²) in [5, 5.41) is 9.87. The normalized spacial score (nSPS) is 12.0. The number of nitrogens with zero attached hydrogens (tertiary/aromatic N) is 3. The lowest BCUT2D eigenvalue weighted by Crippen LogP contribution is -2.17. The van der Waals surface area contributed by atoms with E-state index in [4.69, 9.17) is 0 Å². The second-order valence-electron chi connectivity index (χ2n) is 7.27. The quantitative estimate of drug-likeness (QED) is 0.333. The summed E-state index contributed by atoms with van der Waals surface area (Å²) in [4.78, 5) is 20.7. The third-order valence-electron chi connectivity index (χ3n) is 5.52. The molecule has 2 heterocycles. The number of aromatic amines is 1. The molecule has 0 unspecified atom stereocenters. The van der Waals surface area contributed by atoms with E-state index >= 15 is 0 Å². The summed E-state index contributed by atoms with van der Waals surface area (Å²) in [5.41, 5.74) is 2.76. The van der Waals surface area contributed by atoms with Gasteiger partial charge in [0.25, 0.3) is 5.56 Å². The van der Waals surface area contributed by atoms with Gasteiger partial charge < -0.3 is 4.98 Å². The number of rotatable bonds is 2. The van der Waals surface area contributed by atoms with Crippen molar-refractivity contribution in [1.29, 1.82) is 0 Å². The number of fused-ring (bicyclic) bond motifs is 5. The van der Waals surface area contributed by atoms with Crippen LogP contribution in [0.2, 0.25) is 0 Å². The zero-order chi connectivity index (χ0) is 20.1. The Morgan fingerprint density at radius 3 is 2.20 bits per heavy atom. The third-order valence-corrected chi connectivity index (χ3v) is 5.52. The van der Waals surface area contributed by atoms with Crippen LogP contribution in [0.15, 0.2) is 95.1 Å². The Hall–Kier alpha value is -4.25. The van der Waals surface area contributed by atoms with Crippen molar-refractivity contribution in [3.63, 3.8) is 0 Å². The highest BCUT2D eigenvalue weighted by molar-refractivity contribution is 6.13. The van der Waals surface area contributed by atoms with Crippen molar-refractivity contribution in [3.05, 3.63) is 101 Å². The van der Waals surface area contributed by atoms with Gasteiger partial charge in [0.15, 0.2) is 0 Å². The maximum absolute atomic E-state index is 13.0. The van der Waals surface area contributed by atoms with Crippen LogP contribution in [-0.2, 0) is 0 Å². The maximum atomic E-state index is 13.0. The summed E-state index contributed by atoms with van der Waals surface area (Å²) in [6, 6.07) is 26.3. The molecular formula is C25H16N4O. The third kappa shape index (κ3) is 2.46. The molecule has 0 aliphatic carbocycles. The molecule has 30 heavy (non-hydrogen) atoms. The lowest BCUT2D eigenvalue weighted by atomic mass is 9.97. The highest BCUT2D eigenvalue weighted by Gasteiger charge is 2.10. The number of hydrogen-bond acceptors (Lipinski definition) is 3. The Bertz CT molecular complexity index is 1620. The van der Waals surface area contributed by atoms with E-state index in [1.165, 1.54) is 11.0 Å². The van der Waals surface area contributed by atoms with Crippen LogP contribution in [0.1, 0.15) is 5.56 Å². The van der Waals surface area contributed by atoms with Gasteiger partial charge in [-0.05, 0) is 33.7 Å². The first kappa shape index (κ1) is 16.7. The van der Waals surface area contributed by atoms with E-state index < -0.39 is 0 Å². The number of para-hydroxylation sites is 1. The van der Waals surface area contributed by atoms with Gasteiger partial charge in [0.05, 0.1) is 6.21 Å². The topological polar surface area (TPSA) is 63.0 Å². The highest BCUT2D eigenvalue weighted by Crippen LogP contribution is 2.27. The molecule has 142 valence electrons. The van der Waals surface area contributed by atoms with E-state index in [2.05, 4.69) is 45.4 Å². The van der Waals surface area contributed by atoms with Crippen LogP contribution in [0.4, 0.5) is 0 Å². The second-order valence-corrected chi connectivity index (χ2v) is 7.27. The number of nitrogens with one attached hydrogen (secondary N) is 1. The Morgan fingerprint density at radius 1 is 0.833 bits per heavy atom. The lowest BCUT2D eigenvalue weighted by Gasteiger charge is -2.08. The van der Waals surface area contributed by atoms with Crippen molar-refractivity contribution in [2.45, 2.75) is 0 Å². The Balaban J connectivity index is 1.57. The Morgan fingerprint density at radius 2 is 1.47 bits per heavy atom. The van der Waals surface area contributed by atoms with Gasteiger partial charge >= 0.3 is 0 Å². The van der Waals surface area contributed by atoms with E-state index in [-0.39, 0.29) is 5.56 Å². The van der Waals surface area contributed by atoms with Crippen LogP contribution in [0, 0.1) is 0 Å². The molecule has 2 aromatic heterocycles. The van der Waals surface area contributed by atoms with Crippen LogP contribution in [0.5, 0.6) is 0 Å². The molecule has 0 atom stereocenters. The molecule has 0 spiro atoms. The average molecular weight is 388 g/mol. The largest absolute Gasteiger partial charge is 0.349 e. The van der Waals surface area contributed by atoms with Gasteiger partial charge in [-0.15, -0.1) is 0 Å². The lowest BCUT2D eigenvalue weighted by molar-refractivity contribution is 0.816. The van der Waals surface area contributed by atoms with E-state index in [9.17, 15) is 4.79 Å². The summed E-state index contributed by atoms with van der Waals surface area (Å²) >= 11 is 0.